The summed E-state index contributed by atoms with van der Waals surface area (Å²) in [6, 6.07) is 6.66. The van der Waals surface area contributed by atoms with Crippen LogP contribution in [0.2, 0.25) is 5.02 Å². The van der Waals surface area contributed by atoms with Gasteiger partial charge in [0.25, 0.3) is 0 Å². The molecule has 1 atom stereocenters. The van der Waals surface area contributed by atoms with Crippen LogP contribution in [-0.4, -0.2) is 27.3 Å². The maximum atomic E-state index is 11.9. The van der Waals surface area contributed by atoms with Crippen molar-refractivity contribution in [3.8, 4) is 0 Å². The highest BCUT2D eigenvalue weighted by Gasteiger charge is 2.14. The van der Waals surface area contributed by atoms with Gasteiger partial charge in [0, 0.05) is 11.1 Å². The van der Waals surface area contributed by atoms with Gasteiger partial charge in [-0.25, -0.2) is 8.42 Å². The van der Waals surface area contributed by atoms with Crippen molar-refractivity contribution >= 4 is 21.4 Å². The molecule has 3 nitrogen and oxygen atoms in total. The summed E-state index contributed by atoms with van der Waals surface area (Å²) in [6.07, 6.45) is 1.51. The first-order valence-electron chi connectivity index (χ1n) is 5.61. The van der Waals surface area contributed by atoms with Gasteiger partial charge in [0.15, 0.2) is 9.84 Å². The van der Waals surface area contributed by atoms with E-state index in [4.69, 9.17) is 11.6 Å². The van der Waals surface area contributed by atoms with Crippen molar-refractivity contribution in [3.63, 3.8) is 0 Å². The molecule has 0 aliphatic heterocycles. The summed E-state index contributed by atoms with van der Waals surface area (Å²) in [5, 5.41) is 3.63. The van der Waals surface area contributed by atoms with E-state index in [0.29, 0.717) is 22.4 Å². The van der Waals surface area contributed by atoms with E-state index in [9.17, 15) is 8.42 Å². The third-order valence-electron chi connectivity index (χ3n) is 2.72. The third kappa shape index (κ3) is 4.66. The average molecular weight is 276 g/mol. The number of rotatable bonds is 6. The molecule has 0 spiro atoms. The second-order valence-corrected chi connectivity index (χ2v) is 6.65. The molecule has 5 heteroatoms. The summed E-state index contributed by atoms with van der Waals surface area (Å²) in [7, 11) is -1.29. The van der Waals surface area contributed by atoms with Gasteiger partial charge < -0.3 is 5.32 Å². The Morgan fingerprint density at radius 3 is 2.41 bits per heavy atom. The maximum Gasteiger partial charge on any atom is 0.178 e. The van der Waals surface area contributed by atoms with Crippen molar-refractivity contribution in [2.75, 3.05) is 12.8 Å². The zero-order valence-electron chi connectivity index (χ0n) is 10.1. The van der Waals surface area contributed by atoms with Crippen molar-refractivity contribution < 1.29 is 8.42 Å². The van der Waals surface area contributed by atoms with E-state index >= 15 is 0 Å². The van der Waals surface area contributed by atoms with E-state index in [2.05, 4.69) is 5.32 Å². The van der Waals surface area contributed by atoms with Gasteiger partial charge in [-0.1, -0.05) is 11.6 Å². The molecule has 0 saturated heterocycles. The van der Waals surface area contributed by atoms with Gasteiger partial charge in [-0.3, -0.25) is 0 Å². The number of nitrogens with one attached hydrogen (secondary N) is 1. The lowest BCUT2D eigenvalue weighted by atomic mass is 10.2. The molecular weight excluding hydrogens is 258 g/mol. The van der Waals surface area contributed by atoms with Gasteiger partial charge >= 0.3 is 0 Å². The van der Waals surface area contributed by atoms with Crippen LogP contribution in [0, 0.1) is 0 Å². The zero-order valence-corrected chi connectivity index (χ0v) is 11.7. The Balaban J connectivity index is 2.60. The van der Waals surface area contributed by atoms with Crippen LogP contribution in [0.1, 0.15) is 19.8 Å². The van der Waals surface area contributed by atoms with Crippen molar-refractivity contribution in [1.29, 1.82) is 0 Å². The summed E-state index contributed by atoms with van der Waals surface area (Å²) < 4.78 is 23.9. The predicted molar refractivity (Wildman–Crippen MR) is 71.3 cm³/mol. The van der Waals surface area contributed by atoms with E-state index in [-0.39, 0.29) is 5.75 Å². The van der Waals surface area contributed by atoms with Gasteiger partial charge in [-0.15, -0.1) is 0 Å². The molecule has 96 valence electrons. The van der Waals surface area contributed by atoms with Gasteiger partial charge in [0.2, 0.25) is 0 Å². The van der Waals surface area contributed by atoms with Gasteiger partial charge in [-0.2, -0.15) is 0 Å². The molecule has 1 unspecified atom stereocenters. The Kier molecular flexibility index (Phi) is 5.43. The Morgan fingerprint density at radius 1 is 1.29 bits per heavy atom. The molecule has 1 N–H and O–H groups in total. The van der Waals surface area contributed by atoms with Crippen molar-refractivity contribution in [3.05, 3.63) is 29.3 Å². The van der Waals surface area contributed by atoms with Crippen LogP contribution in [0.5, 0.6) is 0 Å². The molecule has 1 aromatic rings. The smallest absolute Gasteiger partial charge is 0.178 e. The van der Waals surface area contributed by atoms with Crippen molar-refractivity contribution in [2.45, 2.75) is 30.7 Å². The van der Waals surface area contributed by atoms with Crippen LogP contribution < -0.4 is 5.32 Å². The number of sulfone groups is 1. The first-order chi connectivity index (χ1) is 7.95. The van der Waals surface area contributed by atoms with Crippen LogP contribution in [0.3, 0.4) is 0 Å². The Bertz CT molecular complexity index is 442. The summed E-state index contributed by atoms with van der Waals surface area (Å²) in [4.78, 5) is 0.346. The predicted octanol–water partition coefficient (Wildman–Crippen LogP) is 2.50. The molecule has 0 aromatic heterocycles. The molecule has 1 rings (SSSR count). The first-order valence-corrected chi connectivity index (χ1v) is 7.64. The zero-order chi connectivity index (χ0) is 12.9. The highest BCUT2D eigenvalue weighted by Crippen LogP contribution is 2.16. The molecular formula is C12H18ClNO2S. The highest BCUT2D eigenvalue weighted by molar-refractivity contribution is 7.91. The second-order valence-electron chi connectivity index (χ2n) is 4.10. The van der Waals surface area contributed by atoms with Crippen molar-refractivity contribution in [2.24, 2.45) is 0 Å². The average Bonchev–Trinajstić information content (AvgIpc) is 2.29. The van der Waals surface area contributed by atoms with Crippen LogP contribution in [0.4, 0.5) is 0 Å². The monoisotopic (exact) mass is 275 g/mol. The Morgan fingerprint density at radius 2 is 1.88 bits per heavy atom. The largest absolute Gasteiger partial charge is 0.317 e. The molecule has 17 heavy (non-hydrogen) atoms. The van der Waals surface area contributed by atoms with Gasteiger partial charge in [-0.05, 0) is 51.1 Å². The Hall–Kier alpha value is -0.580. The molecule has 0 saturated carbocycles. The number of benzene rings is 1. The van der Waals surface area contributed by atoms with Crippen LogP contribution in [0.25, 0.3) is 0 Å². The lowest BCUT2D eigenvalue weighted by Gasteiger charge is -2.09. The minimum Gasteiger partial charge on any atom is -0.317 e. The molecule has 1 aromatic carbocycles. The van der Waals surface area contributed by atoms with Gasteiger partial charge in [0.05, 0.1) is 10.6 Å². The number of halogens is 1. The second kappa shape index (κ2) is 6.38. The van der Waals surface area contributed by atoms with Crippen LogP contribution >= 0.6 is 11.6 Å². The molecule has 0 amide bonds. The minimum absolute atomic E-state index is 0.181. The molecule has 0 fully saturated rings. The number of hydrogen-bond donors (Lipinski definition) is 1. The van der Waals surface area contributed by atoms with E-state index in [1.165, 1.54) is 0 Å². The Labute approximate surface area is 108 Å². The van der Waals surface area contributed by atoms with E-state index < -0.39 is 9.84 Å². The molecule has 0 bridgehead atoms. The van der Waals surface area contributed by atoms with Crippen molar-refractivity contribution in [1.82, 2.24) is 5.32 Å². The maximum absolute atomic E-state index is 11.9. The van der Waals surface area contributed by atoms with Crippen LogP contribution in [0.15, 0.2) is 29.2 Å². The number of hydrogen-bond acceptors (Lipinski definition) is 3. The van der Waals surface area contributed by atoms with Gasteiger partial charge in [0.1, 0.15) is 0 Å². The summed E-state index contributed by atoms with van der Waals surface area (Å²) in [6.45, 7) is 2.04. The molecule has 0 heterocycles. The fourth-order valence-electron chi connectivity index (χ4n) is 1.48. The summed E-state index contributed by atoms with van der Waals surface area (Å²) >= 11 is 5.72. The van der Waals surface area contributed by atoms with E-state index in [1.807, 2.05) is 14.0 Å². The molecule has 0 aliphatic rings. The van der Waals surface area contributed by atoms with E-state index in [1.54, 1.807) is 24.3 Å². The lowest BCUT2D eigenvalue weighted by Crippen LogP contribution is -2.22. The first kappa shape index (κ1) is 14.5. The highest BCUT2D eigenvalue weighted by atomic mass is 35.5. The molecule has 0 radical (unpaired) electrons. The lowest BCUT2D eigenvalue weighted by molar-refractivity contribution is 0.548. The molecule has 0 aliphatic carbocycles. The summed E-state index contributed by atoms with van der Waals surface area (Å²) in [5.74, 6) is 0.181. The SMILES string of the molecule is CNC(C)CCCS(=O)(=O)c1ccc(Cl)cc1. The standard InChI is InChI=1S/C12H18ClNO2S/c1-10(14-2)4-3-9-17(15,16)12-7-5-11(13)6-8-12/h5-8,10,14H,3-4,9H2,1-2H3. The normalized spacial score (nSPS) is 13.6. The summed E-state index contributed by atoms with van der Waals surface area (Å²) in [5.41, 5.74) is 0. The van der Waals surface area contributed by atoms with Crippen LogP contribution in [-0.2, 0) is 9.84 Å². The third-order valence-corrected chi connectivity index (χ3v) is 4.78. The van der Waals surface area contributed by atoms with E-state index in [0.717, 1.165) is 6.42 Å². The minimum atomic E-state index is -3.17. The fraction of sp³-hybridized carbons (Fsp3) is 0.500. The topological polar surface area (TPSA) is 46.2 Å². The fourth-order valence-corrected chi connectivity index (χ4v) is 2.94. The quantitative estimate of drug-likeness (QED) is 0.868.